The summed E-state index contributed by atoms with van der Waals surface area (Å²) in [6, 6.07) is 43.1. The molecule has 0 atom stereocenters. The molecule has 98 heavy (non-hydrogen) atoms. The van der Waals surface area contributed by atoms with E-state index in [2.05, 4.69) is 64.3 Å². The molecule has 14 aromatic carbocycles. The predicted molar refractivity (Wildman–Crippen MR) is 417 cm³/mol. The van der Waals surface area contributed by atoms with Crippen LogP contribution >= 0.6 is 0 Å². The van der Waals surface area contributed by atoms with Crippen molar-refractivity contribution in [2.24, 2.45) is 0 Å². The lowest BCUT2D eigenvalue weighted by molar-refractivity contribution is 0.590. The molecule has 0 amide bonds. The largest absolute Gasteiger partial charge is 0.311 e. The van der Waals surface area contributed by atoms with Gasteiger partial charge < -0.3 is 23.5 Å². The number of anilines is 6. The summed E-state index contributed by atoms with van der Waals surface area (Å²) in [5, 5.41) is 0.351. The highest BCUT2D eigenvalue weighted by Crippen LogP contribution is 2.52. The molecule has 0 saturated carbocycles. The molecule has 0 fully saturated rings. The second-order valence-electron chi connectivity index (χ2n) is 27.2. The number of hydrogen-bond acceptors (Lipinski definition) is 2. The lowest BCUT2D eigenvalue weighted by Crippen LogP contribution is -2.61. The standard InChI is InChI=1S/C92H70BN5/c1-91(2,3)63-45-40-59(41-46-63)68-26-10-17-33-78(68)97-86-57-66(95-80-35-19-12-28-70(80)71-29-13-20-36-81(71)95)49-51-76(86)93-77-52-50-67(96-82-37-21-14-30-72(82)73-31-15-22-38-83(73)96)58-87(77)98(79-34-18-11-27-69(79)60-42-47-64(48-43-60)92(4,5)6)89-56-62(55-88(97)90(89)93)61-44-53-85-75(54-61)74-32-16-23-39-84(74)94(85)65-24-8-7-9-25-65/h7-58H,1-6H3/i12D,13D,14D,15D,19D,20D,21D,22D,28D,29D,30D,31D,35D,36D,37D,38D,49D,50D,51D,52D,57D,58D. The maximum absolute atomic E-state index is 11.5. The molecular weight excluding hydrogens is 1190 g/mol. The van der Waals surface area contributed by atoms with E-state index in [-0.39, 0.29) is 66.1 Å². The van der Waals surface area contributed by atoms with Crippen molar-refractivity contribution in [1.82, 2.24) is 13.7 Å². The van der Waals surface area contributed by atoms with Crippen LogP contribution in [0.5, 0.6) is 0 Å². The van der Waals surface area contributed by atoms with Crippen molar-refractivity contribution in [3.63, 3.8) is 0 Å². The quantitative estimate of drug-likeness (QED) is 0.141. The topological polar surface area (TPSA) is 21.3 Å². The smallest absolute Gasteiger partial charge is 0.252 e. The first-order valence-electron chi connectivity index (χ1n) is 43.6. The van der Waals surface area contributed by atoms with Gasteiger partial charge in [-0.15, -0.1) is 0 Å². The number of rotatable bonds is 8. The van der Waals surface area contributed by atoms with E-state index in [1.807, 2.05) is 174 Å². The fourth-order valence-corrected chi connectivity index (χ4v) is 14.8. The summed E-state index contributed by atoms with van der Waals surface area (Å²) >= 11 is 0. The lowest BCUT2D eigenvalue weighted by Gasteiger charge is -2.45. The molecule has 0 spiro atoms. The van der Waals surface area contributed by atoms with Gasteiger partial charge in [-0.25, -0.2) is 0 Å². The molecule has 0 unspecified atom stereocenters. The van der Waals surface area contributed by atoms with Crippen LogP contribution in [0.15, 0.2) is 315 Å². The molecular formula is C92H70BN5. The van der Waals surface area contributed by atoms with Crippen LogP contribution in [-0.4, -0.2) is 20.4 Å². The zero-order chi connectivity index (χ0) is 84.9. The number of benzene rings is 14. The van der Waals surface area contributed by atoms with Gasteiger partial charge in [0.25, 0.3) is 6.71 Å². The highest BCUT2D eigenvalue weighted by molar-refractivity contribution is 7.00. The summed E-state index contributed by atoms with van der Waals surface area (Å²) in [6.45, 7) is 11.0. The van der Waals surface area contributed by atoms with Gasteiger partial charge in [-0.1, -0.05) is 254 Å². The van der Waals surface area contributed by atoms with Crippen molar-refractivity contribution in [2.45, 2.75) is 52.4 Å². The summed E-state index contributed by atoms with van der Waals surface area (Å²) in [5.74, 6) is 0. The van der Waals surface area contributed by atoms with E-state index in [0.29, 0.717) is 50.2 Å². The summed E-state index contributed by atoms with van der Waals surface area (Å²) in [7, 11) is 0. The normalized spacial score (nSPS) is 16.1. The van der Waals surface area contributed by atoms with Crippen molar-refractivity contribution in [3.8, 4) is 50.4 Å². The summed E-state index contributed by atoms with van der Waals surface area (Å²) in [5.41, 5.74) is 5.95. The summed E-state index contributed by atoms with van der Waals surface area (Å²) in [4.78, 5) is 3.62. The average Bonchev–Trinajstić information content (AvgIpc) is 0.845. The highest BCUT2D eigenvalue weighted by Gasteiger charge is 2.45. The molecule has 3 aromatic heterocycles. The van der Waals surface area contributed by atoms with Crippen LogP contribution in [0.3, 0.4) is 0 Å². The van der Waals surface area contributed by atoms with Crippen LogP contribution in [0.1, 0.15) is 82.8 Å². The molecule has 6 heteroatoms. The van der Waals surface area contributed by atoms with Gasteiger partial charge in [-0.05, 0) is 164 Å². The first-order chi connectivity index (χ1) is 57.1. The van der Waals surface area contributed by atoms with E-state index in [1.165, 1.54) is 0 Å². The van der Waals surface area contributed by atoms with E-state index >= 15 is 0 Å². The Balaban J connectivity index is 1.04. The van der Waals surface area contributed by atoms with Crippen LogP contribution in [0.4, 0.5) is 34.1 Å². The molecule has 2 aliphatic heterocycles. The third-order valence-electron chi connectivity index (χ3n) is 19.5. The van der Waals surface area contributed by atoms with Crippen LogP contribution < -0.4 is 26.2 Å². The van der Waals surface area contributed by atoms with Gasteiger partial charge >= 0.3 is 0 Å². The van der Waals surface area contributed by atoms with Gasteiger partial charge in [0.15, 0.2) is 0 Å². The number of nitrogens with zero attached hydrogens (tertiary/aromatic N) is 5. The molecule has 0 saturated heterocycles. The molecule has 0 N–H and O–H groups in total. The van der Waals surface area contributed by atoms with Crippen LogP contribution in [0.25, 0.3) is 116 Å². The number of hydrogen-bond donors (Lipinski definition) is 0. The molecule has 466 valence electrons. The maximum Gasteiger partial charge on any atom is 0.252 e. The van der Waals surface area contributed by atoms with Crippen LogP contribution in [0, 0.1) is 0 Å². The molecule has 2 aliphatic rings. The predicted octanol–water partition coefficient (Wildman–Crippen LogP) is 22.7. The minimum Gasteiger partial charge on any atom is -0.311 e. The first kappa shape index (κ1) is 39.2. The zero-order valence-corrected chi connectivity index (χ0v) is 54.1. The van der Waals surface area contributed by atoms with Crippen LogP contribution in [-0.2, 0) is 10.8 Å². The Bertz CT molecular complexity index is 6960. The highest BCUT2D eigenvalue weighted by atomic mass is 15.2. The monoisotopic (exact) mass is 1280 g/mol. The number of para-hydroxylation sites is 8. The molecule has 5 nitrogen and oxygen atoms in total. The molecule has 0 bridgehead atoms. The van der Waals surface area contributed by atoms with Crippen molar-refractivity contribution >= 4 is 123 Å². The van der Waals surface area contributed by atoms with E-state index in [9.17, 15) is 24.7 Å². The van der Waals surface area contributed by atoms with E-state index in [1.54, 1.807) is 0 Å². The van der Waals surface area contributed by atoms with Crippen molar-refractivity contribution in [2.75, 3.05) is 9.80 Å². The van der Waals surface area contributed by atoms with Gasteiger partial charge in [-0.3, -0.25) is 0 Å². The second kappa shape index (κ2) is 21.8. The van der Waals surface area contributed by atoms with Gasteiger partial charge in [0.05, 0.1) is 74.6 Å². The molecule has 5 heterocycles. The summed E-state index contributed by atoms with van der Waals surface area (Å²) < 4.78 is 222. The lowest BCUT2D eigenvalue weighted by atomic mass is 9.33. The molecule has 0 aliphatic carbocycles. The molecule has 17 aromatic rings. The Morgan fingerprint density at radius 2 is 0.684 bits per heavy atom. The fourth-order valence-electron chi connectivity index (χ4n) is 14.8. The van der Waals surface area contributed by atoms with Gasteiger partial charge in [0.2, 0.25) is 0 Å². The minimum atomic E-state index is -1.62. The van der Waals surface area contributed by atoms with Crippen molar-refractivity contribution < 1.29 is 30.2 Å². The fraction of sp³-hybridized carbons (Fsp3) is 0.0870. The van der Waals surface area contributed by atoms with Gasteiger partial charge in [0, 0.05) is 83.3 Å². The maximum atomic E-state index is 11.5. The second-order valence-corrected chi connectivity index (χ2v) is 27.2. The first-order valence-corrected chi connectivity index (χ1v) is 32.6. The van der Waals surface area contributed by atoms with Gasteiger partial charge in [0.1, 0.15) is 0 Å². The van der Waals surface area contributed by atoms with E-state index in [4.69, 9.17) is 5.48 Å². The number of fused-ring (bicyclic) bond motifs is 13. The Labute approximate surface area is 603 Å². The van der Waals surface area contributed by atoms with Crippen molar-refractivity contribution in [3.05, 3.63) is 326 Å². The number of aromatic nitrogens is 3. The average molecular weight is 1280 g/mol. The third kappa shape index (κ3) is 8.87. The minimum absolute atomic E-state index is 0.153. The Kier molecular flexibility index (Phi) is 8.75. The van der Waals surface area contributed by atoms with E-state index < -0.39 is 173 Å². The SMILES string of the molecule is [2H]c1c([2H])c(-n2c3c([2H])c([2H])c([2H])c([2H])c3c3c([2H])c([2H])c([2H])c([2H])c32)c([2H])c2c1B1c3c(cc(-c4ccc5c(c4)c4ccccc4n5-c4ccccc4)cc3N(c3ccccc3-c3ccc(C(C)(C)C)cc3)c3c([2H])c(-n4c5c([2H])c([2H])c([2H])c([2H])c5c5c([2H])c([2H])c([2H])c([2H])c54)c([2H])c([2H])c31)N2c1ccccc1-c1ccc(C(C)(C)C)cc1. The van der Waals surface area contributed by atoms with Crippen molar-refractivity contribution in [1.29, 1.82) is 0 Å². The van der Waals surface area contributed by atoms with E-state index in [0.717, 1.165) is 47.8 Å². The zero-order valence-electron chi connectivity index (χ0n) is 76.1. The molecule has 19 rings (SSSR count). The Morgan fingerprint density at radius 3 is 1.15 bits per heavy atom. The Hall–Kier alpha value is -11.9. The molecule has 0 radical (unpaired) electrons. The summed E-state index contributed by atoms with van der Waals surface area (Å²) in [6.07, 6.45) is 0. The van der Waals surface area contributed by atoms with Gasteiger partial charge in [-0.2, -0.15) is 0 Å². The Morgan fingerprint density at radius 1 is 0.286 bits per heavy atom. The third-order valence-corrected chi connectivity index (χ3v) is 19.5. The van der Waals surface area contributed by atoms with Crippen LogP contribution in [0.2, 0.25) is 0 Å².